The number of piperazine rings is 1. The number of anilines is 1. The molecule has 3 fully saturated rings. The van der Waals surface area contributed by atoms with E-state index in [0.29, 0.717) is 30.3 Å². The maximum absolute atomic E-state index is 12.8. The molecule has 3 aliphatic rings. The normalized spacial score (nSPS) is 25.7. The fourth-order valence-electron chi connectivity index (χ4n) is 4.85. The first-order valence-corrected chi connectivity index (χ1v) is 11.8. The molecule has 2 saturated heterocycles. The molecule has 0 radical (unpaired) electrons. The van der Waals surface area contributed by atoms with Gasteiger partial charge < -0.3 is 25.1 Å². The second-order valence-corrected chi connectivity index (χ2v) is 9.71. The van der Waals surface area contributed by atoms with Crippen LogP contribution >= 0.6 is 11.6 Å². The summed E-state index contributed by atoms with van der Waals surface area (Å²) in [5.41, 5.74) is 0.868. The number of amides is 3. The lowest BCUT2D eigenvalue weighted by atomic mass is 9.90. The number of urea groups is 1. The summed E-state index contributed by atoms with van der Waals surface area (Å²) in [7, 11) is 0. The first kappa shape index (κ1) is 22.4. The summed E-state index contributed by atoms with van der Waals surface area (Å²) in [6.07, 6.45) is 5.26. The Kier molecular flexibility index (Phi) is 6.74. The monoisotopic (exact) mass is 448 g/mol. The van der Waals surface area contributed by atoms with E-state index in [1.807, 2.05) is 4.90 Å². The number of nitrogens with one attached hydrogen (secondary N) is 1. The summed E-state index contributed by atoms with van der Waals surface area (Å²) in [6, 6.07) is 6.23. The van der Waals surface area contributed by atoms with Gasteiger partial charge in [-0.1, -0.05) is 17.7 Å². The molecule has 31 heavy (non-hydrogen) atoms. The number of hydrogen-bond donors (Lipinski definition) is 2. The van der Waals surface area contributed by atoms with E-state index in [1.165, 1.54) is 12.8 Å². The van der Waals surface area contributed by atoms with Crippen LogP contribution in [0.5, 0.6) is 0 Å². The van der Waals surface area contributed by atoms with Crippen LogP contribution in [0.2, 0.25) is 5.02 Å². The third-order valence-corrected chi connectivity index (χ3v) is 7.43. The van der Waals surface area contributed by atoms with Crippen LogP contribution < -0.4 is 5.32 Å². The maximum atomic E-state index is 12.8. The minimum Gasteiger partial charge on any atom is -0.391 e. The summed E-state index contributed by atoms with van der Waals surface area (Å²) in [4.78, 5) is 31.2. The molecule has 2 aliphatic heterocycles. The molecule has 1 aromatic rings. The summed E-state index contributed by atoms with van der Waals surface area (Å²) >= 11 is 5.98. The number of unbranched alkanes of at least 4 members (excludes halogenated alkanes) is 1. The standard InChI is InChI=1S/C23H33ClN4O3/c1-17-21(30)27(11-3-2-10-26-12-9-23(7-8-23)20(29)16-26)13-14-28(17)22(31)25-19-6-4-5-18(24)15-19/h4-6,15,17,20,29H,2-3,7-14,16H2,1H3,(H,25,31). The Bertz CT molecular complexity index is 816. The van der Waals surface area contributed by atoms with Crippen molar-refractivity contribution in [1.82, 2.24) is 14.7 Å². The lowest BCUT2D eigenvalue weighted by molar-refractivity contribution is -0.139. The van der Waals surface area contributed by atoms with Gasteiger partial charge in [0.2, 0.25) is 5.91 Å². The van der Waals surface area contributed by atoms with Crippen molar-refractivity contribution in [3.8, 4) is 0 Å². The average Bonchev–Trinajstić information content (AvgIpc) is 3.52. The zero-order chi connectivity index (χ0) is 22.0. The molecule has 2 atom stereocenters. The van der Waals surface area contributed by atoms with Crippen molar-refractivity contribution in [2.75, 3.05) is 44.6 Å². The number of carbonyl (C=O) groups excluding carboxylic acids is 2. The number of carbonyl (C=O) groups is 2. The van der Waals surface area contributed by atoms with Gasteiger partial charge >= 0.3 is 6.03 Å². The highest BCUT2D eigenvalue weighted by molar-refractivity contribution is 6.30. The third kappa shape index (κ3) is 5.16. The number of hydrogen-bond acceptors (Lipinski definition) is 4. The van der Waals surface area contributed by atoms with Crippen molar-refractivity contribution < 1.29 is 14.7 Å². The predicted molar refractivity (Wildman–Crippen MR) is 121 cm³/mol. The largest absolute Gasteiger partial charge is 0.391 e. The van der Waals surface area contributed by atoms with E-state index in [0.717, 1.165) is 38.9 Å². The van der Waals surface area contributed by atoms with Crippen molar-refractivity contribution in [1.29, 1.82) is 0 Å². The van der Waals surface area contributed by atoms with Crippen molar-refractivity contribution in [3.05, 3.63) is 29.3 Å². The zero-order valence-electron chi connectivity index (χ0n) is 18.2. The Balaban J connectivity index is 1.18. The van der Waals surface area contributed by atoms with E-state index in [2.05, 4.69) is 10.2 Å². The second kappa shape index (κ2) is 9.35. The van der Waals surface area contributed by atoms with Gasteiger partial charge in [0.25, 0.3) is 0 Å². The van der Waals surface area contributed by atoms with Crippen LogP contribution in [0, 0.1) is 5.41 Å². The molecule has 0 aromatic heterocycles. The zero-order valence-corrected chi connectivity index (χ0v) is 19.0. The fraction of sp³-hybridized carbons (Fsp3) is 0.652. The highest BCUT2D eigenvalue weighted by Gasteiger charge is 2.51. The topological polar surface area (TPSA) is 76.1 Å². The van der Waals surface area contributed by atoms with Gasteiger partial charge in [-0.25, -0.2) is 4.79 Å². The molecular weight excluding hydrogens is 416 g/mol. The average molecular weight is 449 g/mol. The molecule has 2 heterocycles. The Morgan fingerprint density at radius 3 is 2.68 bits per heavy atom. The predicted octanol–water partition coefficient (Wildman–Crippen LogP) is 3.03. The molecule has 1 aromatic carbocycles. The van der Waals surface area contributed by atoms with Crippen molar-refractivity contribution >= 4 is 29.2 Å². The van der Waals surface area contributed by atoms with Gasteiger partial charge in [-0.2, -0.15) is 0 Å². The molecule has 8 heteroatoms. The molecule has 170 valence electrons. The third-order valence-electron chi connectivity index (χ3n) is 7.19. The smallest absolute Gasteiger partial charge is 0.322 e. The van der Waals surface area contributed by atoms with Crippen LogP contribution in [-0.2, 0) is 4.79 Å². The van der Waals surface area contributed by atoms with Gasteiger partial charge in [-0.05, 0) is 75.7 Å². The van der Waals surface area contributed by atoms with Gasteiger partial charge in [0.15, 0.2) is 0 Å². The van der Waals surface area contributed by atoms with E-state index in [4.69, 9.17) is 11.6 Å². The molecule has 1 spiro atoms. The molecule has 4 rings (SSSR count). The summed E-state index contributed by atoms with van der Waals surface area (Å²) < 4.78 is 0. The lowest BCUT2D eigenvalue weighted by Crippen LogP contribution is -2.58. The SMILES string of the molecule is CC1C(=O)N(CCCCN2CCC3(CC3)C(O)C2)CCN1C(=O)Nc1cccc(Cl)c1. The number of piperidine rings is 1. The molecule has 0 bridgehead atoms. The number of aliphatic hydroxyl groups excluding tert-OH is 1. The Labute approximate surface area is 189 Å². The van der Waals surface area contributed by atoms with Crippen LogP contribution in [0.3, 0.4) is 0 Å². The van der Waals surface area contributed by atoms with E-state index in [-0.39, 0.29) is 23.5 Å². The minimum atomic E-state index is -0.486. The van der Waals surface area contributed by atoms with E-state index in [9.17, 15) is 14.7 Å². The lowest BCUT2D eigenvalue weighted by Gasteiger charge is -2.39. The Hall–Kier alpha value is -1.83. The van der Waals surface area contributed by atoms with Crippen LogP contribution in [-0.4, -0.2) is 83.2 Å². The fourth-order valence-corrected chi connectivity index (χ4v) is 5.04. The molecule has 2 N–H and O–H groups in total. The molecule has 1 aliphatic carbocycles. The maximum Gasteiger partial charge on any atom is 0.322 e. The number of likely N-dealkylation sites (tertiary alicyclic amines) is 1. The molecule has 3 amide bonds. The van der Waals surface area contributed by atoms with E-state index >= 15 is 0 Å². The molecule has 2 unspecified atom stereocenters. The first-order chi connectivity index (χ1) is 14.9. The Morgan fingerprint density at radius 2 is 1.97 bits per heavy atom. The van der Waals surface area contributed by atoms with E-state index < -0.39 is 6.04 Å². The summed E-state index contributed by atoms with van der Waals surface area (Å²) in [6.45, 7) is 6.40. The highest BCUT2D eigenvalue weighted by Crippen LogP contribution is 2.53. The van der Waals surface area contributed by atoms with Gasteiger partial charge in [0.1, 0.15) is 6.04 Å². The van der Waals surface area contributed by atoms with Crippen molar-refractivity contribution in [3.63, 3.8) is 0 Å². The molecular formula is C23H33ClN4O3. The minimum absolute atomic E-state index is 0.00318. The van der Waals surface area contributed by atoms with Gasteiger partial charge in [0, 0.05) is 36.9 Å². The van der Waals surface area contributed by atoms with Gasteiger partial charge in [-0.15, -0.1) is 0 Å². The van der Waals surface area contributed by atoms with Crippen LogP contribution in [0.15, 0.2) is 24.3 Å². The van der Waals surface area contributed by atoms with Gasteiger partial charge in [-0.3, -0.25) is 4.79 Å². The summed E-state index contributed by atoms with van der Waals surface area (Å²) in [5, 5.41) is 13.7. The van der Waals surface area contributed by atoms with Crippen LogP contribution in [0.25, 0.3) is 0 Å². The van der Waals surface area contributed by atoms with Gasteiger partial charge in [0.05, 0.1) is 6.10 Å². The number of nitrogens with zero attached hydrogens (tertiary/aromatic N) is 3. The number of benzene rings is 1. The second-order valence-electron chi connectivity index (χ2n) is 9.27. The highest BCUT2D eigenvalue weighted by atomic mass is 35.5. The van der Waals surface area contributed by atoms with Crippen LogP contribution in [0.1, 0.15) is 39.0 Å². The number of rotatable bonds is 6. The quantitative estimate of drug-likeness (QED) is 0.656. The number of aliphatic hydroxyl groups is 1. The van der Waals surface area contributed by atoms with Crippen molar-refractivity contribution in [2.45, 2.75) is 51.2 Å². The molecule has 1 saturated carbocycles. The number of halogens is 1. The Morgan fingerprint density at radius 1 is 1.19 bits per heavy atom. The van der Waals surface area contributed by atoms with Crippen molar-refractivity contribution in [2.24, 2.45) is 5.41 Å². The van der Waals surface area contributed by atoms with Crippen LogP contribution in [0.4, 0.5) is 10.5 Å². The van der Waals surface area contributed by atoms with E-state index in [1.54, 1.807) is 36.1 Å². The summed E-state index contributed by atoms with van der Waals surface area (Å²) in [5.74, 6) is -0.00318. The number of β-amino-alcohol motifs (C(OH)–C–C–N with tert-alkyl or cyclic N) is 1. The molecule has 7 nitrogen and oxygen atoms in total. The first-order valence-electron chi connectivity index (χ1n) is 11.4.